The molecule has 3 nitrogen and oxygen atoms in total. The molecule has 0 saturated heterocycles. The zero-order valence-corrected chi connectivity index (χ0v) is 35.0. The van der Waals surface area contributed by atoms with E-state index in [0.29, 0.717) is 55.7 Å². The molecule has 0 atom stereocenters. The van der Waals surface area contributed by atoms with Crippen molar-refractivity contribution in [2.24, 2.45) is 0 Å². The maximum Gasteiger partial charge on any atom is 0.417 e. The van der Waals surface area contributed by atoms with Crippen LogP contribution in [0.5, 0.6) is 0 Å². The van der Waals surface area contributed by atoms with Crippen molar-refractivity contribution in [2.45, 2.75) is 30.9 Å². The Kier molecular flexibility index (Phi) is 10.4. The van der Waals surface area contributed by atoms with Crippen LogP contribution >= 0.6 is 0 Å². The monoisotopic (exact) mass is 977 g/mol. The minimum atomic E-state index is -5.20. The van der Waals surface area contributed by atoms with E-state index in [4.69, 9.17) is 0 Å². The van der Waals surface area contributed by atoms with Crippen molar-refractivity contribution in [1.29, 1.82) is 0 Å². The molecule has 3 aromatic heterocycles. The molecular formula is C52H26F15N3. The van der Waals surface area contributed by atoms with E-state index in [2.05, 4.69) is 4.98 Å². The third kappa shape index (κ3) is 7.84. The highest BCUT2D eigenvalue weighted by atomic mass is 19.4. The molecule has 0 aliphatic heterocycles. The van der Waals surface area contributed by atoms with Crippen LogP contribution < -0.4 is 0 Å². The molecule has 3 heterocycles. The molecule has 70 heavy (non-hydrogen) atoms. The fourth-order valence-corrected chi connectivity index (χ4v) is 9.13. The van der Waals surface area contributed by atoms with Crippen LogP contribution in [0.4, 0.5) is 65.9 Å². The normalized spacial score (nSPS) is 13.1. The minimum absolute atomic E-state index is 0.0296. The number of hydrogen-bond donors (Lipinski definition) is 0. The topological polar surface area (TPSA) is 22.8 Å². The summed E-state index contributed by atoms with van der Waals surface area (Å²) in [5, 5.41) is 1.54. The number of nitrogens with zero attached hydrogens (tertiary/aromatic N) is 3. The van der Waals surface area contributed by atoms with Crippen LogP contribution in [0.3, 0.4) is 0 Å². The van der Waals surface area contributed by atoms with Crippen molar-refractivity contribution in [1.82, 2.24) is 14.1 Å². The first-order valence-electron chi connectivity index (χ1n) is 20.7. The summed E-state index contributed by atoms with van der Waals surface area (Å²) >= 11 is 0. The number of rotatable bonds is 5. The summed E-state index contributed by atoms with van der Waals surface area (Å²) in [6.45, 7) is 0. The lowest BCUT2D eigenvalue weighted by molar-refractivity contribution is -0.144. The number of para-hydroxylation sites is 2. The summed E-state index contributed by atoms with van der Waals surface area (Å²) < 4.78 is 215. The summed E-state index contributed by atoms with van der Waals surface area (Å²) in [7, 11) is 0. The molecule has 354 valence electrons. The Balaban J connectivity index is 1.20. The van der Waals surface area contributed by atoms with Gasteiger partial charge in [0.05, 0.1) is 61.3 Å². The lowest BCUT2D eigenvalue weighted by Gasteiger charge is -2.20. The molecular weight excluding hydrogens is 952 g/mol. The third-order valence-corrected chi connectivity index (χ3v) is 12.2. The molecule has 7 aromatic carbocycles. The first-order chi connectivity index (χ1) is 32.9. The average Bonchev–Trinajstić information content (AvgIpc) is 3.81. The quantitative estimate of drug-likeness (QED) is 0.158. The van der Waals surface area contributed by atoms with Crippen LogP contribution in [-0.4, -0.2) is 14.1 Å². The Morgan fingerprint density at radius 1 is 0.314 bits per heavy atom. The van der Waals surface area contributed by atoms with Gasteiger partial charge < -0.3 is 9.13 Å². The molecule has 0 aliphatic rings. The maximum absolute atomic E-state index is 14.7. The highest BCUT2D eigenvalue weighted by molar-refractivity contribution is 6.13. The van der Waals surface area contributed by atoms with E-state index in [9.17, 15) is 65.9 Å². The van der Waals surface area contributed by atoms with Gasteiger partial charge in [-0.3, -0.25) is 4.98 Å². The second kappa shape index (κ2) is 15.9. The predicted octanol–water partition coefficient (Wildman–Crippen LogP) is 17.4. The average molecular weight is 978 g/mol. The first-order valence-corrected chi connectivity index (χ1v) is 20.7. The van der Waals surface area contributed by atoms with Crippen LogP contribution in [0.2, 0.25) is 0 Å². The van der Waals surface area contributed by atoms with Crippen LogP contribution in [-0.2, 0) is 30.9 Å². The zero-order valence-electron chi connectivity index (χ0n) is 35.0. The molecule has 0 spiro atoms. The lowest BCUT2D eigenvalue weighted by Crippen LogP contribution is -2.12. The molecule has 0 N–H and O–H groups in total. The molecule has 0 saturated carbocycles. The Bertz CT molecular complexity index is 3720. The predicted molar refractivity (Wildman–Crippen MR) is 234 cm³/mol. The van der Waals surface area contributed by atoms with Gasteiger partial charge in [-0.1, -0.05) is 60.7 Å². The Morgan fingerprint density at radius 3 is 1.16 bits per heavy atom. The number of benzene rings is 7. The fraction of sp³-hybridized carbons (Fsp3) is 0.0962. The number of alkyl halides is 15. The first kappa shape index (κ1) is 46.0. The Hall–Kier alpha value is -7.76. The second-order valence-corrected chi connectivity index (χ2v) is 16.3. The smallest absolute Gasteiger partial charge is 0.309 e. The molecule has 0 amide bonds. The minimum Gasteiger partial charge on any atom is -0.309 e. The highest BCUT2D eigenvalue weighted by Crippen LogP contribution is 2.47. The van der Waals surface area contributed by atoms with E-state index in [-0.39, 0.29) is 45.8 Å². The summed E-state index contributed by atoms with van der Waals surface area (Å²) in [5.74, 6) is 0. The molecule has 10 rings (SSSR count). The molecule has 0 fully saturated rings. The molecule has 0 unspecified atom stereocenters. The number of halogens is 15. The van der Waals surface area contributed by atoms with Crippen molar-refractivity contribution in [3.05, 3.63) is 186 Å². The molecule has 18 heteroatoms. The van der Waals surface area contributed by atoms with E-state index in [1.165, 1.54) is 60.9 Å². The summed E-state index contributed by atoms with van der Waals surface area (Å²) in [4.78, 5) is 4.28. The third-order valence-electron chi connectivity index (χ3n) is 12.2. The van der Waals surface area contributed by atoms with E-state index < -0.39 is 69.8 Å². The van der Waals surface area contributed by atoms with Crippen molar-refractivity contribution >= 4 is 43.6 Å². The summed E-state index contributed by atoms with van der Waals surface area (Å²) in [6.07, 6.45) is -22.7. The van der Waals surface area contributed by atoms with E-state index >= 15 is 0 Å². The fourth-order valence-electron chi connectivity index (χ4n) is 9.13. The Labute approximate surface area is 384 Å². The lowest BCUT2D eigenvalue weighted by atomic mass is 9.95. The number of fused-ring (bicyclic) bond motifs is 6. The maximum atomic E-state index is 14.7. The molecule has 0 radical (unpaired) electrons. The van der Waals surface area contributed by atoms with Gasteiger partial charge >= 0.3 is 30.9 Å². The van der Waals surface area contributed by atoms with Crippen molar-refractivity contribution in [3.8, 4) is 44.8 Å². The van der Waals surface area contributed by atoms with E-state index in [1.807, 2.05) is 0 Å². The van der Waals surface area contributed by atoms with E-state index in [0.717, 1.165) is 24.3 Å². The van der Waals surface area contributed by atoms with Crippen molar-refractivity contribution < 1.29 is 65.9 Å². The van der Waals surface area contributed by atoms with Gasteiger partial charge in [0.2, 0.25) is 0 Å². The number of hydrogen-bond acceptors (Lipinski definition) is 1. The molecule has 0 bridgehead atoms. The second-order valence-electron chi connectivity index (χ2n) is 16.3. The summed E-state index contributed by atoms with van der Waals surface area (Å²) in [6, 6.07) is 28.4. The standard InChI is InChI=1S/C52H26F15N3/c53-48(54,55)29-13-18-46(69-42-7-3-1-5-34(42)36-21-27(9-16-44(36)69)32-14-11-30(49(56,57)58)24-40(32)51(62,63)64)38(23-29)39-26-68-20-19-47(39)70-43-8-4-2-6-35(43)37-22-28(10-17-45(37)70)33-15-12-31(50(59,60)61)25-41(33)52(65,66)67/h1-26H. The van der Waals surface area contributed by atoms with Crippen molar-refractivity contribution in [2.75, 3.05) is 0 Å². The van der Waals surface area contributed by atoms with Crippen LogP contribution in [0, 0.1) is 0 Å². The van der Waals surface area contributed by atoms with Gasteiger partial charge in [-0.2, -0.15) is 65.9 Å². The van der Waals surface area contributed by atoms with Gasteiger partial charge in [0, 0.05) is 45.1 Å². The van der Waals surface area contributed by atoms with Crippen LogP contribution in [0.15, 0.2) is 158 Å². The summed E-state index contributed by atoms with van der Waals surface area (Å²) in [5.41, 5.74) is -6.49. The van der Waals surface area contributed by atoms with Crippen LogP contribution in [0.1, 0.15) is 27.8 Å². The van der Waals surface area contributed by atoms with Gasteiger partial charge in [-0.05, 0) is 107 Å². The van der Waals surface area contributed by atoms with E-state index in [1.54, 1.807) is 57.7 Å². The van der Waals surface area contributed by atoms with Gasteiger partial charge in [0.1, 0.15) is 0 Å². The van der Waals surface area contributed by atoms with Gasteiger partial charge in [-0.25, -0.2) is 0 Å². The molecule has 0 aliphatic carbocycles. The highest BCUT2D eigenvalue weighted by Gasteiger charge is 2.40. The van der Waals surface area contributed by atoms with Gasteiger partial charge in [0.25, 0.3) is 0 Å². The Morgan fingerprint density at radius 2 is 0.714 bits per heavy atom. The molecule has 10 aromatic rings. The van der Waals surface area contributed by atoms with Crippen LogP contribution in [0.25, 0.3) is 88.4 Å². The largest absolute Gasteiger partial charge is 0.417 e. The van der Waals surface area contributed by atoms with Crippen molar-refractivity contribution in [3.63, 3.8) is 0 Å². The number of aromatic nitrogens is 3. The number of pyridine rings is 1. The van der Waals surface area contributed by atoms with Gasteiger partial charge in [0.15, 0.2) is 0 Å². The van der Waals surface area contributed by atoms with Gasteiger partial charge in [-0.15, -0.1) is 0 Å². The zero-order chi connectivity index (χ0) is 49.9. The SMILES string of the molecule is FC(F)(F)c1ccc(-n2c3ccccc3c3cc(-c4ccc(C(F)(F)F)cc4C(F)(F)F)ccc32)c(-c2cnccc2-n2c3ccccc3c3cc(-c4ccc(C(F)(F)F)cc4C(F)(F)F)ccc32)c1.